The molecule has 2 amide bonds. The number of halogens is 4. The van der Waals surface area contributed by atoms with E-state index in [0.717, 1.165) is 0 Å². The largest absolute Gasteiger partial charge is 0.391 e. The molecule has 0 fully saturated rings. The summed E-state index contributed by atoms with van der Waals surface area (Å²) in [5.41, 5.74) is 0.511. The van der Waals surface area contributed by atoms with E-state index in [-0.39, 0.29) is 42.0 Å². The number of pyridine rings is 1. The Hall–Kier alpha value is -2.14. The van der Waals surface area contributed by atoms with E-state index < -0.39 is 30.3 Å². The molecule has 7 nitrogen and oxygen atoms in total. The van der Waals surface area contributed by atoms with Crippen molar-refractivity contribution in [3.8, 4) is 0 Å². The van der Waals surface area contributed by atoms with Gasteiger partial charge in [0.1, 0.15) is 10.3 Å². The van der Waals surface area contributed by atoms with Crippen LogP contribution in [0.3, 0.4) is 0 Å². The minimum Gasteiger partial charge on any atom is -0.391 e. The predicted octanol–water partition coefficient (Wildman–Crippen LogP) is 3.02. The number of aliphatic hydroxyl groups is 1. The number of nitrogens with zero attached hydrogens (tertiary/aromatic N) is 4. The van der Waals surface area contributed by atoms with Gasteiger partial charge in [-0.3, -0.25) is 4.68 Å². The van der Waals surface area contributed by atoms with Gasteiger partial charge in [0.05, 0.1) is 30.6 Å². The van der Waals surface area contributed by atoms with Crippen LogP contribution in [0.5, 0.6) is 0 Å². The molecule has 2 aliphatic rings. The van der Waals surface area contributed by atoms with Crippen LogP contribution >= 0.6 is 15.9 Å². The van der Waals surface area contributed by atoms with Gasteiger partial charge in [-0.25, -0.2) is 14.2 Å². The molecule has 4 rings (SSSR count). The number of anilines is 1. The molecule has 28 heavy (non-hydrogen) atoms. The molecule has 0 saturated carbocycles. The Kier molecular flexibility index (Phi) is 4.82. The zero-order valence-electron chi connectivity index (χ0n) is 14.6. The van der Waals surface area contributed by atoms with Crippen LogP contribution in [0.1, 0.15) is 29.8 Å². The van der Waals surface area contributed by atoms with Crippen molar-refractivity contribution in [2.75, 3.05) is 11.9 Å². The topological polar surface area (TPSA) is 83.3 Å². The van der Waals surface area contributed by atoms with Gasteiger partial charge in [0, 0.05) is 31.1 Å². The summed E-state index contributed by atoms with van der Waals surface area (Å²) in [6.07, 6.45) is 0.249. The first-order valence-corrected chi connectivity index (χ1v) is 9.56. The van der Waals surface area contributed by atoms with E-state index in [1.165, 1.54) is 21.8 Å². The fourth-order valence-corrected chi connectivity index (χ4v) is 3.94. The van der Waals surface area contributed by atoms with Crippen molar-refractivity contribution in [3.63, 3.8) is 0 Å². The number of urea groups is 1. The van der Waals surface area contributed by atoms with Gasteiger partial charge in [-0.2, -0.15) is 13.9 Å². The van der Waals surface area contributed by atoms with Gasteiger partial charge >= 0.3 is 6.03 Å². The van der Waals surface area contributed by atoms with Crippen LogP contribution in [-0.2, 0) is 25.4 Å². The number of hydrogen-bond donors (Lipinski definition) is 2. The van der Waals surface area contributed by atoms with Gasteiger partial charge in [-0.1, -0.05) is 0 Å². The Morgan fingerprint density at radius 2 is 2.21 bits per heavy atom. The maximum Gasteiger partial charge on any atom is 0.322 e. The van der Waals surface area contributed by atoms with Gasteiger partial charge < -0.3 is 15.3 Å². The van der Waals surface area contributed by atoms with Gasteiger partial charge in [0.25, 0.3) is 5.92 Å². The molecule has 4 heterocycles. The van der Waals surface area contributed by atoms with E-state index >= 15 is 0 Å². The van der Waals surface area contributed by atoms with E-state index in [2.05, 4.69) is 31.3 Å². The summed E-state index contributed by atoms with van der Waals surface area (Å²) in [4.78, 5) is 17.6. The minimum atomic E-state index is -3.14. The molecular weight excluding hydrogens is 443 g/mol. The lowest BCUT2D eigenvalue weighted by Crippen LogP contribution is -2.39. The van der Waals surface area contributed by atoms with E-state index in [0.29, 0.717) is 17.7 Å². The third-order valence-electron chi connectivity index (χ3n) is 5.00. The molecule has 150 valence electrons. The lowest BCUT2D eigenvalue weighted by Gasteiger charge is -2.28. The zero-order chi connectivity index (χ0) is 20.1. The Bertz CT molecular complexity index is 936. The van der Waals surface area contributed by atoms with Crippen molar-refractivity contribution in [1.29, 1.82) is 0 Å². The number of aliphatic hydroxyl groups excluding tert-OH is 1. The molecule has 0 radical (unpaired) electrons. The molecule has 0 spiro atoms. The number of alkyl halides is 2. The van der Waals surface area contributed by atoms with E-state index in [4.69, 9.17) is 0 Å². The highest BCUT2D eigenvalue weighted by molar-refractivity contribution is 9.10. The van der Waals surface area contributed by atoms with Crippen molar-refractivity contribution in [3.05, 3.63) is 39.6 Å². The second kappa shape index (κ2) is 7.03. The fraction of sp³-hybridized carbons (Fsp3) is 0.471. The Morgan fingerprint density at radius 1 is 1.43 bits per heavy atom. The average Bonchev–Trinajstić information content (AvgIpc) is 2.96. The molecule has 2 aromatic rings. The summed E-state index contributed by atoms with van der Waals surface area (Å²) < 4.78 is 44.5. The highest BCUT2D eigenvalue weighted by Gasteiger charge is 2.43. The smallest absolute Gasteiger partial charge is 0.322 e. The Balaban J connectivity index is 1.60. The molecule has 0 aromatic carbocycles. The first-order chi connectivity index (χ1) is 13.3. The van der Waals surface area contributed by atoms with Crippen molar-refractivity contribution in [1.82, 2.24) is 19.7 Å². The second-order valence-electron chi connectivity index (χ2n) is 6.92. The highest BCUT2D eigenvalue weighted by Crippen LogP contribution is 2.40. The third kappa shape index (κ3) is 3.37. The maximum atomic E-state index is 14.7. The molecule has 2 aliphatic heterocycles. The van der Waals surface area contributed by atoms with Gasteiger partial charge in [-0.05, 0) is 28.4 Å². The number of aromatic nitrogens is 3. The standard InChI is InChI=1S/C17H17BrF3N5O2/c18-15-13(19)12(2-5-22-15)23-16(28)25-6-3-11-10(8-25)14-17(20,21)4-1-9(27)7-26(14)24-11/h2,5,9,27H,1,3-4,6-8H2,(H,22,23,28)/t9-/m1/s1. The van der Waals surface area contributed by atoms with Crippen LogP contribution < -0.4 is 5.32 Å². The zero-order valence-corrected chi connectivity index (χ0v) is 16.2. The minimum absolute atomic E-state index is 0.000370. The van der Waals surface area contributed by atoms with Crippen LogP contribution in [0.4, 0.5) is 23.7 Å². The molecule has 0 saturated heterocycles. The van der Waals surface area contributed by atoms with Gasteiger partial charge in [0.2, 0.25) is 0 Å². The monoisotopic (exact) mass is 459 g/mol. The lowest BCUT2D eigenvalue weighted by atomic mass is 10.00. The second-order valence-corrected chi connectivity index (χ2v) is 7.67. The maximum absolute atomic E-state index is 14.7. The third-order valence-corrected chi connectivity index (χ3v) is 5.55. The quantitative estimate of drug-likeness (QED) is 0.642. The number of nitrogens with one attached hydrogen (secondary N) is 1. The first kappa shape index (κ1) is 19.2. The number of hydrogen-bond acceptors (Lipinski definition) is 4. The van der Waals surface area contributed by atoms with Gasteiger partial charge in [-0.15, -0.1) is 0 Å². The molecular formula is C17H17BrF3N5O2. The number of amides is 2. The lowest BCUT2D eigenvalue weighted by molar-refractivity contribution is -0.0248. The van der Waals surface area contributed by atoms with Crippen LogP contribution in [0, 0.1) is 5.82 Å². The molecule has 2 N–H and O–H groups in total. The number of fused-ring (bicyclic) bond motifs is 3. The Morgan fingerprint density at radius 3 is 3.00 bits per heavy atom. The average molecular weight is 460 g/mol. The van der Waals surface area contributed by atoms with Crippen molar-refractivity contribution in [2.45, 2.75) is 44.4 Å². The molecule has 0 aliphatic carbocycles. The summed E-state index contributed by atoms with van der Waals surface area (Å²) in [6, 6.07) is 0.717. The van der Waals surface area contributed by atoms with Gasteiger partial charge in [0.15, 0.2) is 5.82 Å². The van der Waals surface area contributed by atoms with E-state index in [1.54, 1.807) is 0 Å². The summed E-state index contributed by atoms with van der Waals surface area (Å²) >= 11 is 2.95. The summed E-state index contributed by atoms with van der Waals surface area (Å²) in [6.45, 7) is 0.202. The van der Waals surface area contributed by atoms with Crippen molar-refractivity contribution >= 4 is 27.6 Å². The van der Waals surface area contributed by atoms with Crippen LogP contribution in [0.15, 0.2) is 16.9 Å². The van der Waals surface area contributed by atoms with Crippen LogP contribution in [-0.4, -0.2) is 43.5 Å². The van der Waals surface area contributed by atoms with Crippen LogP contribution in [0.2, 0.25) is 0 Å². The number of carbonyl (C=O) groups is 1. The molecule has 1 atom stereocenters. The van der Waals surface area contributed by atoms with E-state index in [9.17, 15) is 23.1 Å². The molecule has 0 bridgehead atoms. The summed E-state index contributed by atoms with van der Waals surface area (Å²) in [5, 5.41) is 16.6. The Labute approximate surface area is 166 Å². The molecule has 0 unspecified atom stereocenters. The highest BCUT2D eigenvalue weighted by atomic mass is 79.9. The van der Waals surface area contributed by atoms with Crippen molar-refractivity contribution < 1.29 is 23.1 Å². The van der Waals surface area contributed by atoms with E-state index in [1.807, 2.05) is 0 Å². The van der Waals surface area contributed by atoms with Crippen LogP contribution in [0.25, 0.3) is 0 Å². The normalized spacial score (nSPS) is 20.9. The first-order valence-electron chi connectivity index (χ1n) is 8.77. The van der Waals surface area contributed by atoms with Crippen molar-refractivity contribution in [2.24, 2.45) is 0 Å². The summed E-state index contributed by atoms with van der Waals surface area (Å²) in [5.74, 6) is -3.85. The summed E-state index contributed by atoms with van der Waals surface area (Å²) in [7, 11) is 0. The SMILES string of the molecule is O=C(Nc1ccnc(Br)c1F)N1CCc2nn3c(c2C1)C(F)(F)CC[C@@H](O)C3. The fourth-order valence-electron chi connectivity index (χ4n) is 3.61. The molecule has 11 heteroatoms. The predicted molar refractivity (Wildman–Crippen MR) is 96.4 cm³/mol. The number of carbonyl (C=O) groups excluding carboxylic acids is 1. The number of rotatable bonds is 1. The molecule has 2 aromatic heterocycles.